The molecule has 0 aliphatic rings. The van der Waals surface area contributed by atoms with E-state index in [1.54, 1.807) is 6.07 Å². The van der Waals surface area contributed by atoms with Gasteiger partial charge in [0, 0.05) is 23.5 Å². The summed E-state index contributed by atoms with van der Waals surface area (Å²) in [6.45, 7) is 6.31. The van der Waals surface area contributed by atoms with Gasteiger partial charge < -0.3 is 10.3 Å². The summed E-state index contributed by atoms with van der Waals surface area (Å²) in [5.74, 6) is -2.23. The third kappa shape index (κ3) is 4.09. The Kier molecular flexibility index (Phi) is 6.16. The van der Waals surface area contributed by atoms with E-state index in [2.05, 4.69) is 6.92 Å². The first-order chi connectivity index (χ1) is 13.8. The van der Waals surface area contributed by atoms with Crippen molar-refractivity contribution in [1.82, 2.24) is 4.57 Å². The number of halogens is 2. The number of nitrogens with zero attached hydrogens (tertiary/aromatic N) is 1. The van der Waals surface area contributed by atoms with Crippen molar-refractivity contribution in [3.05, 3.63) is 82.2 Å². The van der Waals surface area contributed by atoms with Crippen molar-refractivity contribution >= 4 is 5.91 Å². The van der Waals surface area contributed by atoms with Crippen molar-refractivity contribution in [2.45, 2.75) is 46.6 Å². The van der Waals surface area contributed by atoms with E-state index in [0.29, 0.717) is 17.7 Å². The van der Waals surface area contributed by atoms with Crippen molar-refractivity contribution in [2.24, 2.45) is 5.73 Å². The Bertz CT molecular complexity index is 1050. The maximum atomic E-state index is 13.8. The van der Waals surface area contributed by atoms with Crippen LogP contribution in [0.15, 0.2) is 42.5 Å². The number of hydrogen-bond donors (Lipinski definition) is 1. The van der Waals surface area contributed by atoms with Crippen LogP contribution >= 0.6 is 0 Å². The molecule has 0 aliphatic heterocycles. The fourth-order valence-electron chi connectivity index (χ4n) is 3.88. The highest BCUT2D eigenvalue weighted by Gasteiger charge is 2.25. The van der Waals surface area contributed by atoms with Crippen molar-refractivity contribution in [1.29, 1.82) is 0 Å². The monoisotopic (exact) mass is 396 g/mol. The minimum atomic E-state index is -0.878. The van der Waals surface area contributed by atoms with Crippen LogP contribution in [0.5, 0.6) is 0 Å². The number of nitrogens with two attached hydrogens (primary N) is 1. The van der Waals surface area contributed by atoms with Crippen LogP contribution in [0.1, 0.15) is 52.6 Å². The van der Waals surface area contributed by atoms with Crippen LogP contribution in [-0.2, 0) is 13.0 Å². The third-order valence-electron chi connectivity index (χ3n) is 5.38. The zero-order valence-corrected chi connectivity index (χ0v) is 17.1. The highest BCUT2D eigenvalue weighted by atomic mass is 19.2. The summed E-state index contributed by atoms with van der Waals surface area (Å²) >= 11 is 0. The van der Waals surface area contributed by atoms with Gasteiger partial charge in [-0.1, -0.05) is 43.7 Å². The lowest BCUT2D eigenvalue weighted by molar-refractivity contribution is 0.1000. The second kappa shape index (κ2) is 8.60. The minimum Gasteiger partial charge on any atom is -0.366 e. The molecular formula is C24H26F2N2O. The molecule has 3 aromatic rings. The summed E-state index contributed by atoms with van der Waals surface area (Å²) in [4.78, 5) is 12.4. The summed E-state index contributed by atoms with van der Waals surface area (Å²) in [6.07, 6.45) is 2.70. The smallest absolute Gasteiger partial charge is 0.251 e. The molecule has 3 rings (SSSR count). The van der Waals surface area contributed by atoms with Crippen LogP contribution in [0.25, 0.3) is 11.1 Å². The van der Waals surface area contributed by atoms with Gasteiger partial charge in [-0.3, -0.25) is 4.79 Å². The van der Waals surface area contributed by atoms with Crippen molar-refractivity contribution in [3.63, 3.8) is 0 Å². The summed E-state index contributed by atoms with van der Waals surface area (Å²) < 4.78 is 29.1. The van der Waals surface area contributed by atoms with Crippen LogP contribution in [-0.4, -0.2) is 10.5 Å². The average molecular weight is 396 g/mol. The summed E-state index contributed by atoms with van der Waals surface area (Å²) in [5.41, 5.74) is 11.5. The van der Waals surface area contributed by atoms with Gasteiger partial charge in [0.1, 0.15) is 0 Å². The maximum absolute atomic E-state index is 13.8. The average Bonchev–Trinajstić information content (AvgIpc) is 2.95. The molecule has 0 aliphatic carbocycles. The molecule has 0 bridgehead atoms. The first-order valence-corrected chi connectivity index (χ1v) is 9.86. The van der Waals surface area contributed by atoms with Crippen molar-refractivity contribution in [2.75, 3.05) is 0 Å². The van der Waals surface area contributed by atoms with Crippen LogP contribution < -0.4 is 5.73 Å². The third-order valence-corrected chi connectivity index (χ3v) is 5.38. The van der Waals surface area contributed by atoms with E-state index in [1.165, 1.54) is 6.07 Å². The maximum Gasteiger partial charge on any atom is 0.251 e. The highest BCUT2D eigenvalue weighted by Crippen LogP contribution is 2.36. The quantitative estimate of drug-likeness (QED) is 0.560. The van der Waals surface area contributed by atoms with E-state index in [9.17, 15) is 13.6 Å². The molecule has 29 heavy (non-hydrogen) atoms. The number of amides is 1. The zero-order valence-electron chi connectivity index (χ0n) is 17.1. The number of unbranched alkanes of at least 4 members (excludes halogenated alkanes) is 1. The van der Waals surface area contributed by atoms with E-state index in [0.717, 1.165) is 53.4 Å². The van der Waals surface area contributed by atoms with E-state index in [1.807, 2.05) is 42.7 Å². The molecule has 0 unspecified atom stereocenters. The van der Waals surface area contributed by atoms with Crippen LogP contribution in [0.2, 0.25) is 0 Å². The minimum absolute atomic E-state index is 0.342. The molecule has 1 heterocycles. The summed E-state index contributed by atoms with van der Waals surface area (Å²) in [7, 11) is 0. The van der Waals surface area contributed by atoms with Gasteiger partial charge in [-0.25, -0.2) is 8.78 Å². The molecular weight excluding hydrogens is 370 g/mol. The van der Waals surface area contributed by atoms with Gasteiger partial charge in [0.15, 0.2) is 11.6 Å². The SMILES string of the molecule is CCCCc1c(-c2ccccc2C)c(C(N)=O)c(C)n1Cc1ccc(F)c(F)c1. The number of hydrogen-bond acceptors (Lipinski definition) is 1. The van der Waals surface area contributed by atoms with E-state index in [4.69, 9.17) is 5.73 Å². The number of primary amides is 1. The second-order valence-corrected chi connectivity index (χ2v) is 7.40. The van der Waals surface area contributed by atoms with E-state index < -0.39 is 17.5 Å². The van der Waals surface area contributed by atoms with Gasteiger partial charge in [-0.05, 0) is 55.5 Å². The van der Waals surface area contributed by atoms with Gasteiger partial charge in [0.25, 0.3) is 5.91 Å². The molecule has 0 spiro atoms. The van der Waals surface area contributed by atoms with Gasteiger partial charge >= 0.3 is 0 Å². The molecule has 2 N–H and O–H groups in total. The first-order valence-electron chi connectivity index (χ1n) is 9.86. The van der Waals surface area contributed by atoms with E-state index >= 15 is 0 Å². The molecule has 0 fully saturated rings. The largest absolute Gasteiger partial charge is 0.366 e. The fourth-order valence-corrected chi connectivity index (χ4v) is 3.88. The van der Waals surface area contributed by atoms with Crippen LogP contribution in [0.4, 0.5) is 8.78 Å². The number of carbonyl (C=O) groups excluding carboxylic acids is 1. The fraction of sp³-hybridized carbons (Fsp3) is 0.292. The van der Waals surface area contributed by atoms with Crippen molar-refractivity contribution < 1.29 is 13.6 Å². The Labute approximate surface area is 170 Å². The van der Waals surface area contributed by atoms with E-state index in [-0.39, 0.29) is 0 Å². The predicted molar refractivity (Wildman–Crippen MR) is 112 cm³/mol. The van der Waals surface area contributed by atoms with Gasteiger partial charge in [0.05, 0.1) is 5.56 Å². The van der Waals surface area contributed by atoms with Crippen LogP contribution in [0.3, 0.4) is 0 Å². The Morgan fingerprint density at radius 2 is 1.79 bits per heavy atom. The molecule has 5 heteroatoms. The second-order valence-electron chi connectivity index (χ2n) is 7.40. The molecule has 0 atom stereocenters. The van der Waals surface area contributed by atoms with Crippen LogP contribution in [0, 0.1) is 25.5 Å². The Morgan fingerprint density at radius 1 is 1.07 bits per heavy atom. The zero-order chi connectivity index (χ0) is 21.1. The predicted octanol–water partition coefficient (Wildman–Crippen LogP) is 5.54. The standard InChI is InChI=1S/C24H26F2N2O/c1-4-5-10-21-23(18-9-7-6-8-15(18)2)22(24(27)29)16(3)28(21)14-17-11-12-19(25)20(26)13-17/h6-9,11-13H,4-5,10,14H2,1-3H3,(H2,27,29). The number of aromatic nitrogens is 1. The number of rotatable bonds is 7. The summed E-state index contributed by atoms with van der Waals surface area (Å²) in [5, 5.41) is 0. The lowest BCUT2D eigenvalue weighted by Gasteiger charge is -2.14. The van der Waals surface area contributed by atoms with Gasteiger partial charge in [-0.2, -0.15) is 0 Å². The highest BCUT2D eigenvalue weighted by molar-refractivity contribution is 6.02. The molecule has 2 aromatic carbocycles. The first kappa shape index (κ1) is 20.8. The lowest BCUT2D eigenvalue weighted by atomic mass is 9.94. The topological polar surface area (TPSA) is 48.0 Å². The Hall–Kier alpha value is -2.95. The number of carbonyl (C=O) groups is 1. The Morgan fingerprint density at radius 3 is 2.41 bits per heavy atom. The molecule has 0 radical (unpaired) electrons. The normalized spacial score (nSPS) is 11.1. The Balaban J connectivity index is 2.24. The van der Waals surface area contributed by atoms with Crippen molar-refractivity contribution in [3.8, 4) is 11.1 Å². The molecule has 1 aromatic heterocycles. The molecule has 152 valence electrons. The molecule has 3 nitrogen and oxygen atoms in total. The van der Waals surface area contributed by atoms with Gasteiger partial charge in [0.2, 0.25) is 0 Å². The molecule has 1 amide bonds. The molecule has 0 saturated carbocycles. The number of aryl methyl sites for hydroxylation is 1. The molecule has 0 saturated heterocycles. The number of benzene rings is 2. The van der Waals surface area contributed by atoms with Gasteiger partial charge in [-0.15, -0.1) is 0 Å². The lowest BCUT2D eigenvalue weighted by Crippen LogP contribution is -2.14. The summed E-state index contributed by atoms with van der Waals surface area (Å²) in [6, 6.07) is 11.8.